The predicted octanol–water partition coefficient (Wildman–Crippen LogP) is 3.88. The van der Waals surface area contributed by atoms with Crippen LogP contribution < -0.4 is 4.74 Å². The Bertz CT molecular complexity index is 390. The second kappa shape index (κ2) is 9.40. The van der Waals surface area contributed by atoms with Gasteiger partial charge in [-0.2, -0.15) is 0 Å². The molecule has 2 nitrogen and oxygen atoms in total. The van der Waals surface area contributed by atoms with Crippen molar-refractivity contribution in [3.63, 3.8) is 0 Å². The van der Waals surface area contributed by atoms with E-state index in [2.05, 4.69) is 0 Å². The second-order valence-electron chi connectivity index (χ2n) is 3.11. The SMILES string of the molecule is CC.COc1cccc(/C=C/C=C/C(C)=O)c1. The molecule has 0 spiro atoms. The summed E-state index contributed by atoms with van der Waals surface area (Å²) in [5.74, 6) is 0.873. The zero-order chi connectivity index (χ0) is 13.1. The molecule has 0 N–H and O–H groups in total. The van der Waals surface area contributed by atoms with Gasteiger partial charge in [0.25, 0.3) is 0 Å². The minimum atomic E-state index is 0.0466. The summed E-state index contributed by atoms with van der Waals surface area (Å²) in [7, 11) is 1.64. The van der Waals surface area contributed by atoms with E-state index in [1.807, 2.05) is 50.3 Å². The number of carbonyl (C=O) groups is 1. The first kappa shape index (κ1) is 15.2. The number of hydrogen-bond donors (Lipinski definition) is 0. The van der Waals surface area contributed by atoms with Gasteiger partial charge >= 0.3 is 0 Å². The van der Waals surface area contributed by atoms with Crippen molar-refractivity contribution in [3.8, 4) is 5.75 Å². The number of hydrogen-bond acceptors (Lipinski definition) is 2. The molecule has 1 aromatic rings. The van der Waals surface area contributed by atoms with Crippen LogP contribution in [0.3, 0.4) is 0 Å². The smallest absolute Gasteiger partial charge is 0.152 e. The largest absolute Gasteiger partial charge is 0.497 e. The van der Waals surface area contributed by atoms with Crippen molar-refractivity contribution < 1.29 is 9.53 Å². The summed E-state index contributed by atoms with van der Waals surface area (Å²) in [5, 5.41) is 0. The van der Waals surface area contributed by atoms with Crippen LogP contribution in [-0.4, -0.2) is 12.9 Å². The zero-order valence-electron chi connectivity index (χ0n) is 10.9. The van der Waals surface area contributed by atoms with E-state index in [0.29, 0.717) is 0 Å². The van der Waals surface area contributed by atoms with Gasteiger partial charge in [0, 0.05) is 0 Å². The fourth-order valence-corrected chi connectivity index (χ4v) is 1.10. The van der Waals surface area contributed by atoms with Gasteiger partial charge in [0.05, 0.1) is 7.11 Å². The van der Waals surface area contributed by atoms with Crippen LogP contribution >= 0.6 is 0 Å². The van der Waals surface area contributed by atoms with E-state index in [1.165, 1.54) is 13.0 Å². The zero-order valence-corrected chi connectivity index (χ0v) is 10.9. The van der Waals surface area contributed by atoms with Crippen LogP contribution in [0.2, 0.25) is 0 Å². The molecule has 0 aliphatic rings. The lowest BCUT2D eigenvalue weighted by Crippen LogP contribution is -1.82. The van der Waals surface area contributed by atoms with Gasteiger partial charge in [-0.3, -0.25) is 4.79 Å². The van der Waals surface area contributed by atoms with Gasteiger partial charge in [0.15, 0.2) is 5.78 Å². The van der Waals surface area contributed by atoms with Gasteiger partial charge in [0.1, 0.15) is 5.75 Å². The second-order valence-corrected chi connectivity index (χ2v) is 3.11. The number of ketones is 1. The molecule has 0 saturated heterocycles. The molecule has 0 unspecified atom stereocenters. The quantitative estimate of drug-likeness (QED) is 0.581. The molecule has 0 fully saturated rings. The Morgan fingerprint density at radius 2 is 1.94 bits per heavy atom. The first-order chi connectivity index (χ1) is 8.22. The minimum absolute atomic E-state index is 0.0466. The van der Waals surface area contributed by atoms with Gasteiger partial charge in [-0.05, 0) is 30.7 Å². The molecule has 0 radical (unpaired) electrons. The number of ether oxygens (including phenoxy) is 1. The minimum Gasteiger partial charge on any atom is -0.497 e. The molecule has 0 amide bonds. The van der Waals surface area contributed by atoms with E-state index < -0.39 is 0 Å². The Morgan fingerprint density at radius 1 is 1.24 bits per heavy atom. The maximum atomic E-state index is 10.6. The molecule has 0 aliphatic heterocycles. The van der Waals surface area contributed by atoms with Crippen molar-refractivity contribution >= 4 is 11.9 Å². The monoisotopic (exact) mass is 232 g/mol. The van der Waals surface area contributed by atoms with Crippen LogP contribution in [0, 0.1) is 0 Å². The summed E-state index contributed by atoms with van der Waals surface area (Å²) < 4.78 is 5.09. The maximum absolute atomic E-state index is 10.6. The lowest BCUT2D eigenvalue weighted by atomic mass is 10.2. The van der Waals surface area contributed by atoms with Crippen molar-refractivity contribution in [2.75, 3.05) is 7.11 Å². The lowest BCUT2D eigenvalue weighted by molar-refractivity contribution is -0.112. The fraction of sp³-hybridized carbons (Fsp3) is 0.267. The Morgan fingerprint density at radius 3 is 2.53 bits per heavy atom. The maximum Gasteiger partial charge on any atom is 0.152 e. The average molecular weight is 232 g/mol. The summed E-state index contributed by atoms with van der Waals surface area (Å²) in [6.07, 6.45) is 7.00. The molecule has 0 aromatic heterocycles. The molecular weight excluding hydrogens is 212 g/mol. The van der Waals surface area contributed by atoms with Crippen molar-refractivity contribution in [3.05, 3.63) is 48.1 Å². The molecule has 1 aromatic carbocycles. The molecule has 0 bridgehead atoms. The molecule has 17 heavy (non-hydrogen) atoms. The Hall–Kier alpha value is -1.83. The van der Waals surface area contributed by atoms with Crippen LogP contribution in [0.15, 0.2) is 42.5 Å². The van der Waals surface area contributed by atoms with Crippen molar-refractivity contribution in [2.24, 2.45) is 0 Å². The Kier molecular flexibility index (Phi) is 8.39. The fourth-order valence-electron chi connectivity index (χ4n) is 1.10. The number of allylic oxidation sites excluding steroid dienone is 3. The molecule has 1 rings (SSSR count). The van der Waals surface area contributed by atoms with Crippen LogP contribution in [-0.2, 0) is 4.79 Å². The van der Waals surface area contributed by atoms with Crippen LogP contribution in [0.4, 0.5) is 0 Å². The number of carbonyl (C=O) groups excluding carboxylic acids is 1. The van der Waals surface area contributed by atoms with Crippen molar-refractivity contribution in [1.29, 1.82) is 0 Å². The topological polar surface area (TPSA) is 26.3 Å². The first-order valence-corrected chi connectivity index (χ1v) is 5.72. The highest BCUT2D eigenvalue weighted by Crippen LogP contribution is 2.13. The summed E-state index contributed by atoms with van der Waals surface area (Å²) in [4.78, 5) is 10.6. The highest BCUT2D eigenvalue weighted by Gasteiger charge is 1.90. The standard InChI is InChI=1S/C13H14O2.C2H6/c1-11(14)6-3-4-7-12-8-5-9-13(10-12)15-2;1-2/h3-10H,1-2H3;1-2H3/b6-3+,7-4+;. The van der Waals surface area contributed by atoms with E-state index in [9.17, 15) is 4.79 Å². The Balaban J connectivity index is 0.00000121. The summed E-state index contributed by atoms with van der Waals surface area (Å²) in [6.45, 7) is 5.52. The normalized spacial score (nSPS) is 10.1. The number of methoxy groups -OCH3 is 1. The van der Waals surface area contributed by atoms with Gasteiger partial charge in [-0.1, -0.05) is 44.2 Å². The Labute approximate surface area is 104 Å². The third kappa shape index (κ3) is 7.12. The van der Waals surface area contributed by atoms with Crippen LogP contribution in [0.1, 0.15) is 26.3 Å². The third-order valence-corrected chi connectivity index (χ3v) is 1.82. The third-order valence-electron chi connectivity index (χ3n) is 1.82. The van der Waals surface area contributed by atoms with E-state index in [4.69, 9.17) is 4.74 Å². The lowest BCUT2D eigenvalue weighted by Gasteiger charge is -1.99. The summed E-state index contributed by atoms with van der Waals surface area (Å²) >= 11 is 0. The molecule has 0 aliphatic carbocycles. The average Bonchev–Trinajstić information content (AvgIpc) is 2.37. The molecular formula is C15H20O2. The molecule has 0 saturated carbocycles. The predicted molar refractivity (Wildman–Crippen MR) is 73.2 cm³/mol. The van der Waals surface area contributed by atoms with Gasteiger partial charge < -0.3 is 4.74 Å². The number of rotatable bonds is 4. The van der Waals surface area contributed by atoms with Crippen molar-refractivity contribution in [2.45, 2.75) is 20.8 Å². The number of benzene rings is 1. The molecule has 0 heterocycles. The van der Waals surface area contributed by atoms with E-state index >= 15 is 0 Å². The molecule has 0 atom stereocenters. The van der Waals surface area contributed by atoms with Gasteiger partial charge in [-0.15, -0.1) is 0 Å². The summed E-state index contributed by atoms with van der Waals surface area (Å²) in [5.41, 5.74) is 1.04. The first-order valence-electron chi connectivity index (χ1n) is 5.72. The highest BCUT2D eigenvalue weighted by atomic mass is 16.5. The van der Waals surface area contributed by atoms with Gasteiger partial charge in [0.2, 0.25) is 0 Å². The van der Waals surface area contributed by atoms with Gasteiger partial charge in [-0.25, -0.2) is 0 Å². The van der Waals surface area contributed by atoms with Crippen molar-refractivity contribution in [1.82, 2.24) is 0 Å². The van der Waals surface area contributed by atoms with Crippen LogP contribution in [0.25, 0.3) is 6.08 Å². The van der Waals surface area contributed by atoms with Crippen LogP contribution in [0.5, 0.6) is 5.75 Å². The molecule has 92 valence electrons. The molecule has 2 heteroatoms. The van der Waals surface area contributed by atoms with E-state index in [-0.39, 0.29) is 5.78 Å². The highest BCUT2D eigenvalue weighted by molar-refractivity contribution is 5.87. The summed E-state index contributed by atoms with van der Waals surface area (Å²) in [6, 6.07) is 7.72. The van der Waals surface area contributed by atoms with E-state index in [0.717, 1.165) is 11.3 Å². The van der Waals surface area contributed by atoms with E-state index in [1.54, 1.807) is 13.2 Å².